The van der Waals surface area contributed by atoms with Crippen LogP contribution in [0.25, 0.3) is 11.4 Å². The summed E-state index contributed by atoms with van der Waals surface area (Å²) in [4.78, 5) is 13.0. The molecule has 0 radical (unpaired) electrons. The first-order valence-corrected chi connectivity index (χ1v) is 11.2. The normalized spacial score (nSPS) is 11.2. The number of carbonyl (C=O) groups is 1. The standard InChI is InChI=1S/C24H26N4O2S/c1-16-14-21(17(2)28(16)12-10-19-8-6-5-7-9-19)22(29)15-31-24-26-25-23(27(24)4)20-11-13-30-18(20)3/h5-9,11,13-14H,10,12,15H2,1-4H3. The van der Waals surface area contributed by atoms with E-state index in [-0.39, 0.29) is 5.78 Å². The van der Waals surface area contributed by atoms with Crippen molar-refractivity contribution in [2.75, 3.05) is 5.75 Å². The number of ketones is 1. The summed E-state index contributed by atoms with van der Waals surface area (Å²) in [5.41, 5.74) is 5.12. The Morgan fingerprint density at radius 1 is 1.10 bits per heavy atom. The predicted octanol–water partition coefficient (Wildman–Crippen LogP) is 5.02. The van der Waals surface area contributed by atoms with Gasteiger partial charge in [-0.25, -0.2) is 0 Å². The molecule has 1 aromatic carbocycles. The fourth-order valence-corrected chi connectivity index (χ4v) is 4.61. The Kier molecular flexibility index (Phi) is 6.13. The Labute approximate surface area is 186 Å². The van der Waals surface area contributed by atoms with Gasteiger partial charge in [0.25, 0.3) is 0 Å². The van der Waals surface area contributed by atoms with E-state index in [4.69, 9.17) is 4.42 Å². The summed E-state index contributed by atoms with van der Waals surface area (Å²) >= 11 is 1.41. The van der Waals surface area contributed by atoms with E-state index in [1.54, 1.807) is 6.26 Å². The SMILES string of the molecule is Cc1occc1-c1nnc(SCC(=O)c2cc(C)n(CCc3ccccc3)c2C)n1C. The first kappa shape index (κ1) is 21.2. The molecular weight excluding hydrogens is 408 g/mol. The summed E-state index contributed by atoms with van der Waals surface area (Å²) in [7, 11) is 1.91. The molecule has 6 nitrogen and oxygen atoms in total. The minimum absolute atomic E-state index is 0.105. The highest BCUT2D eigenvalue weighted by Gasteiger charge is 2.19. The highest BCUT2D eigenvalue weighted by Crippen LogP contribution is 2.27. The first-order valence-electron chi connectivity index (χ1n) is 10.3. The molecule has 0 aliphatic heterocycles. The van der Waals surface area contributed by atoms with Crippen LogP contribution >= 0.6 is 11.8 Å². The van der Waals surface area contributed by atoms with Crippen LogP contribution in [0.2, 0.25) is 0 Å². The van der Waals surface area contributed by atoms with Crippen LogP contribution in [-0.2, 0) is 20.0 Å². The molecule has 4 rings (SSSR count). The monoisotopic (exact) mass is 434 g/mol. The maximum atomic E-state index is 13.0. The van der Waals surface area contributed by atoms with E-state index in [2.05, 4.69) is 46.0 Å². The van der Waals surface area contributed by atoms with E-state index in [0.717, 1.165) is 47.1 Å². The van der Waals surface area contributed by atoms with Gasteiger partial charge in [0.15, 0.2) is 16.8 Å². The Balaban J connectivity index is 1.44. The molecule has 0 saturated carbocycles. The molecule has 0 unspecified atom stereocenters. The number of carbonyl (C=O) groups excluding carboxylic acids is 1. The number of rotatable bonds is 8. The van der Waals surface area contributed by atoms with Crippen molar-refractivity contribution >= 4 is 17.5 Å². The van der Waals surface area contributed by atoms with Gasteiger partial charge in [-0.2, -0.15) is 0 Å². The predicted molar refractivity (Wildman–Crippen MR) is 123 cm³/mol. The van der Waals surface area contributed by atoms with Crippen LogP contribution in [-0.4, -0.2) is 30.9 Å². The van der Waals surface area contributed by atoms with Crippen molar-refractivity contribution in [1.29, 1.82) is 0 Å². The van der Waals surface area contributed by atoms with Gasteiger partial charge in [-0.05, 0) is 44.9 Å². The highest BCUT2D eigenvalue weighted by molar-refractivity contribution is 7.99. The van der Waals surface area contributed by atoms with E-state index in [0.29, 0.717) is 10.9 Å². The van der Waals surface area contributed by atoms with Gasteiger partial charge in [-0.15, -0.1) is 10.2 Å². The van der Waals surface area contributed by atoms with Crippen molar-refractivity contribution in [3.05, 3.63) is 77.0 Å². The zero-order chi connectivity index (χ0) is 22.0. The van der Waals surface area contributed by atoms with Crippen LogP contribution in [0.4, 0.5) is 0 Å². The second kappa shape index (κ2) is 8.98. The average molecular weight is 435 g/mol. The molecule has 3 heterocycles. The van der Waals surface area contributed by atoms with Gasteiger partial charge in [0.05, 0.1) is 17.6 Å². The van der Waals surface area contributed by atoms with Gasteiger partial charge in [-0.3, -0.25) is 4.79 Å². The molecule has 4 aromatic rings. The van der Waals surface area contributed by atoms with Crippen molar-refractivity contribution < 1.29 is 9.21 Å². The Bertz CT molecular complexity index is 1200. The van der Waals surface area contributed by atoms with Crippen molar-refractivity contribution in [3.8, 4) is 11.4 Å². The van der Waals surface area contributed by atoms with Crippen LogP contribution < -0.4 is 0 Å². The Morgan fingerprint density at radius 2 is 1.87 bits per heavy atom. The highest BCUT2D eigenvalue weighted by atomic mass is 32.2. The van der Waals surface area contributed by atoms with E-state index in [9.17, 15) is 4.79 Å². The zero-order valence-electron chi connectivity index (χ0n) is 18.3. The smallest absolute Gasteiger partial charge is 0.191 e. The van der Waals surface area contributed by atoms with Crippen molar-refractivity contribution in [2.24, 2.45) is 7.05 Å². The third-order valence-electron chi connectivity index (χ3n) is 5.61. The van der Waals surface area contributed by atoms with Crippen LogP contribution in [0.3, 0.4) is 0 Å². The number of nitrogens with zero attached hydrogens (tertiary/aromatic N) is 4. The van der Waals surface area contributed by atoms with Crippen molar-refractivity contribution in [2.45, 2.75) is 38.9 Å². The van der Waals surface area contributed by atoms with Gasteiger partial charge in [0.1, 0.15) is 5.76 Å². The van der Waals surface area contributed by atoms with Gasteiger partial charge >= 0.3 is 0 Å². The molecule has 0 aliphatic carbocycles. The summed E-state index contributed by atoms with van der Waals surface area (Å²) in [6.45, 7) is 6.84. The summed E-state index contributed by atoms with van der Waals surface area (Å²) in [6.07, 6.45) is 2.58. The number of thioether (sulfide) groups is 1. The Morgan fingerprint density at radius 3 is 2.58 bits per heavy atom. The first-order chi connectivity index (χ1) is 15.0. The number of hydrogen-bond acceptors (Lipinski definition) is 5. The summed E-state index contributed by atoms with van der Waals surface area (Å²) in [5, 5.41) is 9.25. The van der Waals surface area contributed by atoms with Gasteiger partial charge < -0.3 is 13.6 Å². The number of furan rings is 1. The molecule has 0 saturated heterocycles. The van der Waals surface area contributed by atoms with E-state index < -0.39 is 0 Å². The molecule has 0 N–H and O–H groups in total. The lowest BCUT2D eigenvalue weighted by Gasteiger charge is -2.10. The lowest BCUT2D eigenvalue weighted by molar-refractivity contribution is 0.102. The lowest BCUT2D eigenvalue weighted by Crippen LogP contribution is -2.08. The van der Waals surface area contributed by atoms with Gasteiger partial charge in [0.2, 0.25) is 0 Å². The zero-order valence-corrected chi connectivity index (χ0v) is 19.1. The molecule has 3 aromatic heterocycles. The molecule has 31 heavy (non-hydrogen) atoms. The van der Waals surface area contributed by atoms with Crippen LogP contribution in [0.15, 0.2) is 58.3 Å². The van der Waals surface area contributed by atoms with Crippen LogP contribution in [0, 0.1) is 20.8 Å². The topological polar surface area (TPSA) is 65.8 Å². The Hall–Kier alpha value is -3.06. The van der Waals surface area contributed by atoms with Gasteiger partial charge in [0, 0.05) is 30.5 Å². The summed E-state index contributed by atoms with van der Waals surface area (Å²) < 4.78 is 9.50. The maximum Gasteiger partial charge on any atom is 0.191 e. The fraction of sp³-hybridized carbons (Fsp3) is 0.292. The second-order valence-electron chi connectivity index (χ2n) is 7.64. The molecule has 0 aliphatic rings. The minimum atomic E-state index is 0.105. The number of hydrogen-bond donors (Lipinski definition) is 0. The molecule has 0 atom stereocenters. The van der Waals surface area contributed by atoms with Crippen LogP contribution in [0.1, 0.15) is 33.1 Å². The molecule has 160 valence electrons. The molecule has 0 spiro atoms. The van der Waals surface area contributed by atoms with Gasteiger partial charge in [-0.1, -0.05) is 42.1 Å². The molecule has 0 bridgehead atoms. The van der Waals surface area contributed by atoms with Crippen LogP contribution in [0.5, 0.6) is 0 Å². The van der Waals surface area contributed by atoms with Crippen molar-refractivity contribution in [3.63, 3.8) is 0 Å². The molecular formula is C24H26N4O2S. The number of benzene rings is 1. The van der Waals surface area contributed by atoms with E-state index in [1.165, 1.54) is 17.3 Å². The third kappa shape index (κ3) is 4.37. The fourth-order valence-electron chi connectivity index (χ4n) is 3.81. The number of aromatic nitrogens is 4. The quantitative estimate of drug-likeness (QED) is 0.288. The third-order valence-corrected chi connectivity index (χ3v) is 6.63. The molecule has 0 fully saturated rings. The molecule has 0 amide bonds. The van der Waals surface area contributed by atoms with E-state index >= 15 is 0 Å². The number of Topliss-reactive ketones (excluding diaryl/α,β-unsaturated/α-hetero) is 1. The largest absolute Gasteiger partial charge is 0.469 e. The number of aryl methyl sites for hydroxylation is 3. The summed E-state index contributed by atoms with van der Waals surface area (Å²) in [6, 6.07) is 14.3. The van der Waals surface area contributed by atoms with E-state index in [1.807, 2.05) is 43.7 Å². The lowest BCUT2D eigenvalue weighted by atomic mass is 10.1. The summed E-state index contributed by atoms with van der Waals surface area (Å²) in [5.74, 6) is 1.96. The average Bonchev–Trinajstić information content (AvgIpc) is 3.43. The van der Waals surface area contributed by atoms with Crippen molar-refractivity contribution in [1.82, 2.24) is 19.3 Å². The minimum Gasteiger partial charge on any atom is -0.469 e. The molecule has 7 heteroatoms. The maximum absolute atomic E-state index is 13.0. The second-order valence-corrected chi connectivity index (χ2v) is 8.58.